The summed E-state index contributed by atoms with van der Waals surface area (Å²) in [5.74, 6) is 0. The van der Waals surface area contributed by atoms with E-state index in [0.717, 1.165) is 3.57 Å². The Morgan fingerprint density at radius 3 is 1.94 bits per heavy atom. The summed E-state index contributed by atoms with van der Waals surface area (Å²) in [5.41, 5.74) is -0.415. The number of benzene rings is 1. The largest absolute Gasteiger partial charge is 0.243 e. The van der Waals surface area contributed by atoms with Gasteiger partial charge in [0.2, 0.25) is 10.0 Å². The van der Waals surface area contributed by atoms with E-state index < -0.39 is 15.6 Å². The second-order valence-electron chi connectivity index (χ2n) is 4.60. The average molecular weight is 353 g/mol. The fraction of sp³-hybridized carbons (Fsp3) is 0.455. The number of rotatable bonds is 2. The number of halogens is 1. The van der Waals surface area contributed by atoms with Crippen molar-refractivity contribution in [1.82, 2.24) is 4.31 Å². The van der Waals surface area contributed by atoms with Crippen LogP contribution in [0.15, 0.2) is 29.2 Å². The zero-order valence-corrected chi connectivity index (χ0v) is 12.8. The SMILES string of the molecule is CN(C(C)(C)C)S(=O)(=O)c1ccc(I)cc1. The van der Waals surface area contributed by atoms with Gasteiger partial charge in [0.15, 0.2) is 0 Å². The van der Waals surface area contributed by atoms with Crippen molar-refractivity contribution in [3.8, 4) is 0 Å². The van der Waals surface area contributed by atoms with Crippen molar-refractivity contribution in [3.05, 3.63) is 27.8 Å². The smallest absolute Gasteiger partial charge is 0.207 e. The highest BCUT2D eigenvalue weighted by atomic mass is 127. The summed E-state index contributed by atoms with van der Waals surface area (Å²) >= 11 is 2.15. The fourth-order valence-electron chi connectivity index (χ4n) is 1.13. The zero-order chi connectivity index (χ0) is 12.6. The molecule has 0 saturated heterocycles. The highest BCUT2D eigenvalue weighted by Gasteiger charge is 2.29. The number of sulfonamides is 1. The summed E-state index contributed by atoms with van der Waals surface area (Å²) in [5, 5.41) is 0. The third kappa shape index (κ3) is 2.95. The molecule has 0 spiro atoms. The molecule has 90 valence electrons. The summed E-state index contributed by atoms with van der Waals surface area (Å²) in [6.45, 7) is 5.62. The molecule has 0 aliphatic heterocycles. The van der Waals surface area contributed by atoms with Crippen LogP contribution < -0.4 is 0 Å². The van der Waals surface area contributed by atoms with Gasteiger partial charge in [-0.05, 0) is 67.6 Å². The van der Waals surface area contributed by atoms with Crippen LogP contribution in [0.2, 0.25) is 0 Å². The molecule has 0 radical (unpaired) electrons. The lowest BCUT2D eigenvalue weighted by Crippen LogP contribution is -2.42. The first-order chi connectivity index (χ1) is 7.15. The molecule has 1 aromatic carbocycles. The first-order valence-electron chi connectivity index (χ1n) is 4.90. The van der Waals surface area contributed by atoms with Crippen molar-refractivity contribution in [2.75, 3.05) is 7.05 Å². The molecular weight excluding hydrogens is 337 g/mol. The Labute approximate surface area is 111 Å². The van der Waals surface area contributed by atoms with Crippen molar-refractivity contribution in [1.29, 1.82) is 0 Å². The van der Waals surface area contributed by atoms with Crippen LogP contribution in [-0.2, 0) is 10.0 Å². The molecule has 0 bridgehead atoms. The maximum Gasteiger partial charge on any atom is 0.243 e. The number of nitrogens with zero attached hydrogens (tertiary/aromatic N) is 1. The highest BCUT2D eigenvalue weighted by Crippen LogP contribution is 2.22. The molecule has 16 heavy (non-hydrogen) atoms. The number of hydrogen-bond acceptors (Lipinski definition) is 2. The van der Waals surface area contributed by atoms with Crippen molar-refractivity contribution in [2.45, 2.75) is 31.2 Å². The van der Waals surface area contributed by atoms with Gasteiger partial charge in [0, 0.05) is 16.2 Å². The molecule has 0 N–H and O–H groups in total. The summed E-state index contributed by atoms with van der Waals surface area (Å²) < 4.78 is 26.8. The molecule has 5 heteroatoms. The topological polar surface area (TPSA) is 37.4 Å². The van der Waals surface area contributed by atoms with Crippen molar-refractivity contribution < 1.29 is 8.42 Å². The minimum absolute atomic E-state index is 0.338. The molecule has 0 fully saturated rings. The van der Waals surface area contributed by atoms with Gasteiger partial charge in [0.25, 0.3) is 0 Å². The van der Waals surface area contributed by atoms with E-state index in [2.05, 4.69) is 22.6 Å². The Balaban J connectivity index is 3.17. The molecule has 0 heterocycles. The summed E-state index contributed by atoms with van der Waals surface area (Å²) in [6, 6.07) is 6.87. The standard InChI is InChI=1S/C11H16INO2S/c1-11(2,3)13(4)16(14,15)10-7-5-9(12)6-8-10/h5-8H,1-4H3. The highest BCUT2D eigenvalue weighted by molar-refractivity contribution is 14.1. The molecule has 0 aromatic heterocycles. The van der Waals surface area contributed by atoms with E-state index in [1.807, 2.05) is 20.8 Å². The molecule has 0 aliphatic carbocycles. The van der Waals surface area contributed by atoms with Crippen LogP contribution in [0.25, 0.3) is 0 Å². The second kappa shape index (κ2) is 4.62. The predicted octanol–water partition coefficient (Wildman–Crippen LogP) is 2.71. The van der Waals surface area contributed by atoms with Gasteiger partial charge in [-0.15, -0.1) is 0 Å². The van der Waals surface area contributed by atoms with Crippen LogP contribution in [0.1, 0.15) is 20.8 Å². The summed E-state index contributed by atoms with van der Waals surface area (Å²) in [7, 11) is -1.78. The Morgan fingerprint density at radius 2 is 1.56 bits per heavy atom. The van der Waals surface area contributed by atoms with Crippen LogP contribution >= 0.6 is 22.6 Å². The maximum absolute atomic E-state index is 12.2. The molecule has 0 aliphatic rings. The third-order valence-electron chi connectivity index (χ3n) is 2.42. The lowest BCUT2D eigenvalue weighted by atomic mass is 10.1. The minimum atomic E-state index is -3.38. The number of hydrogen-bond donors (Lipinski definition) is 0. The lowest BCUT2D eigenvalue weighted by molar-refractivity contribution is 0.292. The van der Waals surface area contributed by atoms with E-state index in [1.54, 1.807) is 31.3 Å². The van der Waals surface area contributed by atoms with Crippen LogP contribution in [0.4, 0.5) is 0 Å². The van der Waals surface area contributed by atoms with E-state index in [9.17, 15) is 8.42 Å². The normalized spacial score (nSPS) is 13.1. The van der Waals surface area contributed by atoms with Crippen LogP contribution in [0.3, 0.4) is 0 Å². The predicted molar refractivity (Wildman–Crippen MR) is 73.9 cm³/mol. The van der Waals surface area contributed by atoms with Gasteiger partial charge in [0.1, 0.15) is 0 Å². The molecule has 3 nitrogen and oxygen atoms in total. The molecule has 1 aromatic rings. The van der Waals surface area contributed by atoms with Crippen LogP contribution in [0, 0.1) is 3.57 Å². The molecule has 0 unspecified atom stereocenters. The quantitative estimate of drug-likeness (QED) is 0.767. The van der Waals surface area contributed by atoms with Gasteiger partial charge in [-0.25, -0.2) is 8.42 Å². The second-order valence-corrected chi connectivity index (χ2v) is 7.81. The Kier molecular flexibility index (Phi) is 4.02. The first kappa shape index (κ1) is 13.9. The Morgan fingerprint density at radius 1 is 1.12 bits per heavy atom. The van der Waals surface area contributed by atoms with E-state index in [0.29, 0.717) is 4.90 Å². The van der Waals surface area contributed by atoms with Gasteiger partial charge in [-0.2, -0.15) is 4.31 Å². The molecule has 0 saturated carbocycles. The van der Waals surface area contributed by atoms with Crippen molar-refractivity contribution in [2.24, 2.45) is 0 Å². The summed E-state index contributed by atoms with van der Waals surface area (Å²) in [4.78, 5) is 0.338. The lowest BCUT2D eigenvalue weighted by Gasteiger charge is -2.30. The van der Waals surface area contributed by atoms with Gasteiger partial charge in [-0.1, -0.05) is 0 Å². The third-order valence-corrected chi connectivity index (χ3v) is 5.27. The van der Waals surface area contributed by atoms with Crippen molar-refractivity contribution >= 4 is 32.6 Å². The van der Waals surface area contributed by atoms with Gasteiger partial charge >= 0.3 is 0 Å². The van der Waals surface area contributed by atoms with E-state index in [4.69, 9.17) is 0 Å². The van der Waals surface area contributed by atoms with E-state index in [1.165, 1.54) is 4.31 Å². The van der Waals surface area contributed by atoms with Crippen LogP contribution in [0.5, 0.6) is 0 Å². The van der Waals surface area contributed by atoms with Gasteiger partial charge < -0.3 is 0 Å². The van der Waals surface area contributed by atoms with Crippen molar-refractivity contribution in [3.63, 3.8) is 0 Å². The van der Waals surface area contributed by atoms with E-state index >= 15 is 0 Å². The minimum Gasteiger partial charge on any atom is -0.207 e. The monoisotopic (exact) mass is 353 g/mol. The summed E-state index contributed by atoms with van der Waals surface area (Å²) in [6.07, 6.45) is 0. The van der Waals surface area contributed by atoms with Gasteiger partial charge in [0.05, 0.1) is 4.90 Å². The first-order valence-corrected chi connectivity index (χ1v) is 7.42. The fourth-order valence-corrected chi connectivity index (χ4v) is 3.00. The van der Waals surface area contributed by atoms with E-state index in [-0.39, 0.29) is 0 Å². The molecule has 0 amide bonds. The van der Waals surface area contributed by atoms with Gasteiger partial charge in [-0.3, -0.25) is 0 Å². The maximum atomic E-state index is 12.2. The van der Waals surface area contributed by atoms with Crippen LogP contribution in [-0.4, -0.2) is 25.3 Å². The average Bonchev–Trinajstić information content (AvgIpc) is 2.16. The molecule has 1 rings (SSSR count). The molecular formula is C11H16INO2S. The Bertz CT molecular complexity index is 460. The zero-order valence-electron chi connectivity index (χ0n) is 9.86. The Hall–Kier alpha value is -0.140. The molecule has 0 atom stereocenters.